The predicted octanol–water partition coefficient (Wildman–Crippen LogP) is 1.41. The van der Waals surface area contributed by atoms with Crippen molar-refractivity contribution in [3.63, 3.8) is 0 Å². The Bertz CT molecular complexity index is 925. The molecule has 0 saturated carbocycles. The van der Waals surface area contributed by atoms with Crippen molar-refractivity contribution in [3.8, 4) is 0 Å². The molecule has 0 fully saturated rings. The van der Waals surface area contributed by atoms with Crippen LogP contribution in [0.4, 0.5) is 0 Å². The van der Waals surface area contributed by atoms with E-state index in [1.807, 2.05) is 6.07 Å². The normalized spacial score (nSPS) is 11.3. The topological polar surface area (TPSA) is 95.6 Å². The number of amides is 2. The Hall–Kier alpha value is -2.71. The second-order valence-electron chi connectivity index (χ2n) is 6.15. The molecule has 0 aliphatic carbocycles. The Balaban J connectivity index is 1.96. The van der Waals surface area contributed by atoms with E-state index in [4.69, 9.17) is 0 Å². The fourth-order valence-corrected chi connectivity index (χ4v) is 3.51. The van der Waals surface area contributed by atoms with E-state index in [1.54, 1.807) is 43.3 Å². The molecule has 7 nitrogen and oxygen atoms in total. The smallest absolute Gasteiger partial charge is 0.251 e. The molecule has 0 unspecified atom stereocenters. The quantitative estimate of drug-likeness (QED) is 0.700. The predicted molar refractivity (Wildman–Crippen MR) is 103 cm³/mol. The van der Waals surface area contributed by atoms with E-state index < -0.39 is 15.9 Å². The molecule has 2 N–H and O–H groups in total. The van der Waals surface area contributed by atoms with Gasteiger partial charge in [-0.1, -0.05) is 24.3 Å². The molecule has 2 amide bonds. The van der Waals surface area contributed by atoms with Crippen LogP contribution in [0.25, 0.3) is 0 Å². The molecule has 0 aromatic heterocycles. The third kappa shape index (κ3) is 5.15. The van der Waals surface area contributed by atoms with Gasteiger partial charge in [-0.3, -0.25) is 9.59 Å². The Labute approximate surface area is 159 Å². The first-order chi connectivity index (χ1) is 12.7. The summed E-state index contributed by atoms with van der Waals surface area (Å²) in [5, 5.41) is 5.38. The van der Waals surface area contributed by atoms with Crippen molar-refractivity contribution < 1.29 is 18.0 Å². The molecule has 27 heavy (non-hydrogen) atoms. The highest BCUT2D eigenvalue weighted by Gasteiger charge is 2.21. The maximum absolute atomic E-state index is 12.3. The Morgan fingerprint density at radius 2 is 1.44 bits per heavy atom. The number of rotatable bonds is 7. The molecule has 0 atom stereocenters. The fourth-order valence-electron chi connectivity index (χ4n) is 2.36. The summed E-state index contributed by atoms with van der Waals surface area (Å²) in [4.78, 5) is 24.3. The highest BCUT2D eigenvalue weighted by Crippen LogP contribution is 2.19. The molecule has 0 radical (unpaired) electrons. The third-order valence-electron chi connectivity index (χ3n) is 3.94. The van der Waals surface area contributed by atoms with E-state index in [0.29, 0.717) is 11.1 Å². The van der Waals surface area contributed by atoms with Crippen LogP contribution in [0.3, 0.4) is 0 Å². The van der Waals surface area contributed by atoms with Crippen molar-refractivity contribution in [2.24, 2.45) is 0 Å². The second kappa shape index (κ2) is 8.79. The fraction of sp³-hybridized carbons (Fsp3) is 0.263. The lowest BCUT2D eigenvalue weighted by Gasteiger charge is -2.14. The molecular formula is C19H23N3O4S. The second-order valence-corrected chi connectivity index (χ2v) is 8.27. The average Bonchev–Trinajstić information content (AvgIpc) is 2.65. The summed E-state index contributed by atoms with van der Waals surface area (Å²) in [5.41, 5.74) is 1.35. The van der Waals surface area contributed by atoms with Gasteiger partial charge in [0.25, 0.3) is 11.8 Å². The van der Waals surface area contributed by atoms with Crippen LogP contribution in [0.5, 0.6) is 0 Å². The number of sulfonamides is 1. The van der Waals surface area contributed by atoms with Gasteiger partial charge in [-0.25, -0.2) is 12.7 Å². The number of hydrogen-bond donors (Lipinski definition) is 2. The lowest BCUT2D eigenvalue weighted by Crippen LogP contribution is -2.34. The van der Waals surface area contributed by atoms with Crippen molar-refractivity contribution in [2.45, 2.75) is 11.8 Å². The zero-order chi connectivity index (χ0) is 20.0. The molecule has 2 rings (SSSR count). The van der Waals surface area contributed by atoms with Crippen molar-refractivity contribution in [1.29, 1.82) is 0 Å². The lowest BCUT2D eigenvalue weighted by atomic mass is 10.1. The summed E-state index contributed by atoms with van der Waals surface area (Å²) in [5.74, 6) is -0.626. The molecule has 144 valence electrons. The maximum atomic E-state index is 12.3. The molecule has 0 aliphatic rings. The van der Waals surface area contributed by atoms with Crippen LogP contribution in [0.15, 0.2) is 53.4 Å². The summed E-state index contributed by atoms with van der Waals surface area (Å²) in [6.45, 7) is 2.16. The maximum Gasteiger partial charge on any atom is 0.251 e. The molecule has 0 spiro atoms. The van der Waals surface area contributed by atoms with Gasteiger partial charge in [-0.2, -0.15) is 0 Å². The van der Waals surface area contributed by atoms with Crippen LogP contribution in [0, 0.1) is 6.92 Å². The minimum Gasteiger partial charge on any atom is -0.350 e. The SMILES string of the molecule is Cc1ccc(C(=O)NCCNC(=O)c2ccccc2)cc1S(=O)(=O)N(C)C. The number of carbonyl (C=O) groups excluding carboxylic acids is 2. The van der Waals surface area contributed by atoms with Crippen molar-refractivity contribution in [3.05, 3.63) is 65.2 Å². The molecule has 0 bridgehead atoms. The Kier molecular flexibility index (Phi) is 6.70. The number of nitrogens with zero attached hydrogens (tertiary/aromatic N) is 1. The Morgan fingerprint density at radius 1 is 0.889 bits per heavy atom. The molecule has 2 aromatic carbocycles. The minimum absolute atomic E-state index is 0.0949. The van der Waals surface area contributed by atoms with Crippen LogP contribution < -0.4 is 10.6 Å². The monoisotopic (exact) mass is 389 g/mol. The van der Waals surface area contributed by atoms with E-state index >= 15 is 0 Å². The van der Waals surface area contributed by atoms with E-state index in [1.165, 1.54) is 20.2 Å². The first kappa shape index (κ1) is 20.6. The zero-order valence-electron chi connectivity index (χ0n) is 15.5. The van der Waals surface area contributed by atoms with Crippen LogP contribution in [0.1, 0.15) is 26.3 Å². The van der Waals surface area contributed by atoms with Gasteiger partial charge in [0, 0.05) is 38.3 Å². The van der Waals surface area contributed by atoms with E-state index in [0.717, 1.165) is 4.31 Å². The summed E-state index contributed by atoms with van der Waals surface area (Å²) < 4.78 is 25.8. The van der Waals surface area contributed by atoms with E-state index in [-0.39, 0.29) is 29.5 Å². The number of hydrogen-bond acceptors (Lipinski definition) is 4. The molecule has 0 heterocycles. The summed E-state index contributed by atoms with van der Waals surface area (Å²) in [6, 6.07) is 13.3. The van der Waals surface area contributed by atoms with Crippen LogP contribution in [0.2, 0.25) is 0 Å². The standard InChI is InChI=1S/C19H23N3O4S/c1-14-9-10-16(13-17(14)27(25,26)22(2)3)19(24)21-12-11-20-18(23)15-7-5-4-6-8-15/h4-10,13H,11-12H2,1-3H3,(H,20,23)(H,21,24). The number of nitrogens with one attached hydrogen (secondary N) is 2. The lowest BCUT2D eigenvalue weighted by molar-refractivity contribution is 0.0927. The average molecular weight is 389 g/mol. The van der Waals surface area contributed by atoms with Gasteiger partial charge in [0.1, 0.15) is 0 Å². The van der Waals surface area contributed by atoms with Gasteiger partial charge in [-0.15, -0.1) is 0 Å². The summed E-state index contributed by atoms with van der Waals surface area (Å²) in [6.07, 6.45) is 0. The van der Waals surface area contributed by atoms with Gasteiger partial charge >= 0.3 is 0 Å². The van der Waals surface area contributed by atoms with Crippen LogP contribution in [-0.4, -0.2) is 51.7 Å². The van der Waals surface area contributed by atoms with Gasteiger partial charge in [0.2, 0.25) is 10.0 Å². The van der Waals surface area contributed by atoms with E-state index in [2.05, 4.69) is 10.6 Å². The summed E-state index contributed by atoms with van der Waals surface area (Å²) >= 11 is 0. The molecular weight excluding hydrogens is 366 g/mol. The zero-order valence-corrected chi connectivity index (χ0v) is 16.3. The molecule has 8 heteroatoms. The van der Waals surface area contributed by atoms with Crippen LogP contribution in [-0.2, 0) is 10.0 Å². The highest BCUT2D eigenvalue weighted by atomic mass is 32.2. The van der Waals surface area contributed by atoms with Crippen molar-refractivity contribution >= 4 is 21.8 Å². The molecule has 0 saturated heterocycles. The van der Waals surface area contributed by atoms with E-state index in [9.17, 15) is 18.0 Å². The first-order valence-electron chi connectivity index (χ1n) is 8.38. The highest BCUT2D eigenvalue weighted by molar-refractivity contribution is 7.89. The van der Waals surface area contributed by atoms with Gasteiger partial charge in [0.15, 0.2) is 0 Å². The van der Waals surface area contributed by atoms with Crippen molar-refractivity contribution in [1.82, 2.24) is 14.9 Å². The van der Waals surface area contributed by atoms with Gasteiger partial charge < -0.3 is 10.6 Å². The van der Waals surface area contributed by atoms with Crippen molar-refractivity contribution in [2.75, 3.05) is 27.2 Å². The number of benzene rings is 2. The van der Waals surface area contributed by atoms with Crippen LogP contribution >= 0.6 is 0 Å². The van der Waals surface area contributed by atoms with Gasteiger partial charge in [0.05, 0.1) is 4.90 Å². The first-order valence-corrected chi connectivity index (χ1v) is 9.82. The Morgan fingerprint density at radius 3 is 2.00 bits per heavy atom. The number of aryl methyl sites for hydroxylation is 1. The summed E-state index contributed by atoms with van der Waals surface area (Å²) in [7, 11) is -0.751. The minimum atomic E-state index is -3.63. The molecule has 0 aliphatic heterocycles. The van der Waals surface area contributed by atoms with Gasteiger partial charge in [-0.05, 0) is 36.8 Å². The number of carbonyl (C=O) groups is 2. The molecule has 2 aromatic rings. The largest absolute Gasteiger partial charge is 0.350 e. The third-order valence-corrected chi connectivity index (χ3v) is 5.90.